The van der Waals surface area contributed by atoms with Gasteiger partial charge in [-0.1, -0.05) is 25.5 Å². The van der Waals surface area contributed by atoms with Crippen LogP contribution in [0.4, 0.5) is 0 Å². The van der Waals surface area contributed by atoms with Gasteiger partial charge in [-0.15, -0.1) is 0 Å². The molecule has 0 fully saturated rings. The lowest BCUT2D eigenvalue weighted by Crippen LogP contribution is -2.24. The smallest absolute Gasteiger partial charge is 0.335 e. The van der Waals surface area contributed by atoms with Crippen molar-refractivity contribution in [3.63, 3.8) is 0 Å². The van der Waals surface area contributed by atoms with Crippen LogP contribution < -0.4 is 5.73 Å². The molecule has 0 aliphatic carbocycles. The largest absolute Gasteiger partial charge is 0.478 e. The van der Waals surface area contributed by atoms with E-state index >= 15 is 0 Å². The van der Waals surface area contributed by atoms with Gasteiger partial charge in [0.25, 0.3) is 5.91 Å². The van der Waals surface area contributed by atoms with Crippen molar-refractivity contribution in [2.24, 2.45) is 5.73 Å². The average Bonchev–Trinajstić information content (AvgIpc) is 2.34. The van der Waals surface area contributed by atoms with Gasteiger partial charge in [0.1, 0.15) is 0 Å². The number of nitrogens with two attached hydrogens (primary N) is 1. The van der Waals surface area contributed by atoms with E-state index in [1.165, 1.54) is 12.1 Å². The maximum absolute atomic E-state index is 11.3. The second-order valence-electron chi connectivity index (χ2n) is 3.93. The molecule has 0 spiro atoms. The number of carboxylic acid groups (broad SMARTS) is 1. The summed E-state index contributed by atoms with van der Waals surface area (Å²) in [5.41, 5.74) is 6.00. The van der Waals surface area contributed by atoms with Crippen LogP contribution in [-0.2, 0) is 9.53 Å². The SMILES string of the molecule is CCCCOC(C(N)=O)c1ccc(C(=O)O)cc1. The molecule has 1 amide bonds. The fourth-order valence-corrected chi connectivity index (χ4v) is 1.49. The molecular weight excluding hydrogens is 234 g/mol. The Morgan fingerprint density at radius 2 is 1.94 bits per heavy atom. The third kappa shape index (κ3) is 3.85. The number of rotatable bonds is 7. The van der Waals surface area contributed by atoms with Gasteiger partial charge in [0.05, 0.1) is 5.56 Å². The summed E-state index contributed by atoms with van der Waals surface area (Å²) < 4.78 is 5.41. The molecule has 1 rings (SSSR count). The molecule has 3 N–H and O–H groups in total. The maximum Gasteiger partial charge on any atom is 0.335 e. The third-order valence-corrected chi connectivity index (χ3v) is 2.50. The zero-order valence-electron chi connectivity index (χ0n) is 10.3. The number of aromatic carboxylic acids is 1. The Hall–Kier alpha value is -1.88. The highest BCUT2D eigenvalue weighted by atomic mass is 16.5. The van der Waals surface area contributed by atoms with Gasteiger partial charge in [0, 0.05) is 6.61 Å². The zero-order chi connectivity index (χ0) is 13.5. The van der Waals surface area contributed by atoms with E-state index in [0.29, 0.717) is 12.2 Å². The lowest BCUT2D eigenvalue weighted by atomic mass is 10.1. The van der Waals surface area contributed by atoms with Gasteiger partial charge in [0.2, 0.25) is 0 Å². The standard InChI is InChI=1S/C13H17NO4/c1-2-3-8-18-11(12(14)15)9-4-6-10(7-5-9)13(16)17/h4-7,11H,2-3,8H2,1H3,(H2,14,15)(H,16,17). The molecule has 18 heavy (non-hydrogen) atoms. The van der Waals surface area contributed by atoms with Crippen molar-refractivity contribution in [2.75, 3.05) is 6.61 Å². The summed E-state index contributed by atoms with van der Waals surface area (Å²) in [6.07, 6.45) is 0.986. The van der Waals surface area contributed by atoms with Crippen LogP contribution in [0.2, 0.25) is 0 Å². The van der Waals surface area contributed by atoms with Gasteiger partial charge in [-0.05, 0) is 24.1 Å². The first-order valence-corrected chi connectivity index (χ1v) is 5.80. The van der Waals surface area contributed by atoms with Crippen molar-refractivity contribution >= 4 is 11.9 Å². The van der Waals surface area contributed by atoms with Gasteiger partial charge >= 0.3 is 5.97 Å². The van der Waals surface area contributed by atoms with Gasteiger partial charge in [0.15, 0.2) is 6.10 Å². The molecule has 1 atom stereocenters. The number of carboxylic acids is 1. The van der Waals surface area contributed by atoms with Gasteiger partial charge < -0.3 is 15.6 Å². The summed E-state index contributed by atoms with van der Waals surface area (Å²) in [5.74, 6) is -1.58. The number of carbonyl (C=O) groups excluding carboxylic acids is 1. The minimum atomic E-state index is -1.01. The fraction of sp³-hybridized carbons (Fsp3) is 0.385. The summed E-state index contributed by atoms with van der Waals surface area (Å²) in [4.78, 5) is 22.0. The Morgan fingerprint density at radius 1 is 1.33 bits per heavy atom. The molecule has 0 bridgehead atoms. The van der Waals surface area contributed by atoms with Crippen LogP contribution in [0.15, 0.2) is 24.3 Å². The highest BCUT2D eigenvalue weighted by molar-refractivity contribution is 5.88. The number of amides is 1. The fourth-order valence-electron chi connectivity index (χ4n) is 1.49. The zero-order valence-corrected chi connectivity index (χ0v) is 10.3. The van der Waals surface area contributed by atoms with Crippen LogP contribution in [0, 0.1) is 0 Å². The lowest BCUT2D eigenvalue weighted by Gasteiger charge is -2.14. The number of primary amides is 1. The highest BCUT2D eigenvalue weighted by Crippen LogP contribution is 2.18. The van der Waals surface area contributed by atoms with Gasteiger partial charge in [-0.25, -0.2) is 4.79 Å². The predicted molar refractivity (Wildman–Crippen MR) is 66.2 cm³/mol. The van der Waals surface area contributed by atoms with Gasteiger partial charge in [-0.2, -0.15) is 0 Å². The van der Waals surface area contributed by atoms with E-state index < -0.39 is 18.0 Å². The quantitative estimate of drug-likeness (QED) is 0.722. The Morgan fingerprint density at radius 3 is 2.39 bits per heavy atom. The van der Waals surface area contributed by atoms with E-state index in [4.69, 9.17) is 15.6 Å². The molecule has 5 nitrogen and oxygen atoms in total. The first-order chi connectivity index (χ1) is 8.56. The Kier molecular flexibility index (Phi) is 5.32. The van der Waals surface area contributed by atoms with Crippen molar-refractivity contribution < 1.29 is 19.4 Å². The first kappa shape index (κ1) is 14.2. The van der Waals surface area contributed by atoms with E-state index in [0.717, 1.165) is 12.8 Å². The molecule has 1 aromatic carbocycles. The number of hydrogen-bond donors (Lipinski definition) is 2. The Bertz CT molecular complexity index is 414. The van der Waals surface area contributed by atoms with E-state index in [-0.39, 0.29) is 5.56 Å². The monoisotopic (exact) mass is 251 g/mol. The molecule has 0 heterocycles. The van der Waals surface area contributed by atoms with Crippen molar-refractivity contribution in [1.29, 1.82) is 0 Å². The molecule has 0 aromatic heterocycles. The van der Waals surface area contributed by atoms with E-state index in [2.05, 4.69) is 0 Å². The molecule has 0 saturated heterocycles. The summed E-state index contributed by atoms with van der Waals surface area (Å²) in [6.45, 7) is 2.47. The minimum absolute atomic E-state index is 0.163. The van der Waals surface area contributed by atoms with Crippen molar-refractivity contribution in [3.05, 3.63) is 35.4 Å². The molecule has 0 aliphatic rings. The van der Waals surface area contributed by atoms with Crippen LogP contribution in [0.25, 0.3) is 0 Å². The molecular formula is C13H17NO4. The number of ether oxygens (including phenoxy) is 1. The topological polar surface area (TPSA) is 89.6 Å². The summed E-state index contributed by atoms with van der Waals surface area (Å²) in [5, 5.41) is 8.77. The van der Waals surface area contributed by atoms with Crippen molar-refractivity contribution in [2.45, 2.75) is 25.9 Å². The molecule has 0 radical (unpaired) electrons. The number of unbranched alkanes of at least 4 members (excludes halogenated alkanes) is 1. The van der Waals surface area contributed by atoms with Crippen molar-refractivity contribution in [3.8, 4) is 0 Å². The second-order valence-corrected chi connectivity index (χ2v) is 3.93. The summed E-state index contributed by atoms with van der Waals surface area (Å²) in [6, 6.07) is 5.95. The van der Waals surface area contributed by atoms with Crippen LogP contribution >= 0.6 is 0 Å². The minimum Gasteiger partial charge on any atom is -0.478 e. The molecule has 5 heteroatoms. The number of carbonyl (C=O) groups is 2. The van der Waals surface area contributed by atoms with Crippen LogP contribution in [0.5, 0.6) is 0 Å². The molecule has 0 saturated carbocycles. The summed E-state index contributed by atoms with van der Waals surface area (Å²) >= 11 is 0. The van der Waals surface area contributed by atoms with Crippen LogP contribution in [-0.4, -0.2) is 23.6 Å². The first-order valence-electron chi connectivity index (χ1n) is 5.80. The van der Waals surface area contributed by atoms with Crippen LogP contribution in [0.1, 0.15) is 41.8 Å². The van der Waals surface area contributed by atoms with Gasteiger partial charge in [-0.3, -0.25) is 4.79 Å². The molecule has 0 aliphatic heterocycles. The predicted octanol–water partition coefficient (Wildman–Crippen LogP) is 1.73. The van der Waals surface area contributed by atoms with E-state index in [1.54, 1.807) is 12.1 Å². The normalized spacial score (nSPS) is 12.1. The lowest BCUT2D eigenvalue weighted by molar-refractivity contribution is -0.130. The third-order valence-electron chi connectivity index (χ3n) is 2.50. The van der Waals surface area contributed by atoms with E-state index in [1.807, 2.05) is 6.92 Å². The molecule has 98 valence electrons. The second kappa shape index (κ2) is 6.76. The number of hydrogen-bond acceptors (Lipinski definition) is 3. The summed E-state index contributed by atoms with van der Waals surface area (Å²) in [7, 11) is 0. The highest BCUT2D eigenvalue weighted by Gasteiger charge is 2.18. The molecule has 1 aromatic rings. The van der Waals surface area contributed by atoms with E-state index in [9.17, 15) is 9.59 Å². The average molecular weight is 251 g/mol. The number of benzene rings is 1. The van der Waals surface area contributed by atoms with Crippen molar-refractivity contribution in [1.82, 2.24) is 0 Å². The Balaban J connectivity index is 2.79. The van der Waals surface area contributed by atoms with Crippen LogP contribution in [0.3, 0.4) is 0 Å². The molecule has 1 unspecified atom stereocenters. The Labute approximate surface area is 106 Å². The maximum atomic E-state index is 11.3.